The smallest absolute Gasteiger partial charge is 0.164 e. The van der Waals surface area contributed by atoms with Crippen LogP contribution in [0.5, 0.6) is 0 Å². The monoisotopic (exact) mass is 372 g/mol. The Morgan fingerprint density at radius 3 is 2.59 bits per heavy atom. The number of nitrogens with zero attached hydrogens (tertiary/aromatic N) is 7. The SMILES string of the molecule is Cc1nc(CN2CCN(c3cc(N4CCCC(CO)C4)ncn3)CC2)n[nH]1. The van der Waals surface area contributed by atoms with Crippen molar-refractivity contribution in [3.8, 4) is 0 Å². The number of nitrogens with one attached hydrogen (secondary N) is 1. The third-order valence-electron chi connectivity index (χ3n) is 5.44. The van der Waals surface area contributed by atoms with Crippen molar-refractivity contribution in [2.45, 2.75) is 26.3 Å². The number of piperidine rings is 1. The quantitative estimate of drug-likeness (QED) is 0.780. The summed E-state index contributed by atoms with van der Waals surface area (Å²) < 4.78 is 0. The van der Waals surface area contributed by atoms with E-state index in [-0.39, 0.29) is 6.61 Å². The Hall–Kier alpha value is -2.26. The first-order valence-electron chi connectivity index (χ1n) is 9.74. The van der Waals surface area contributed by atoms with Crippen molar-refractivity contribution in [1.29, 1.82) is 0 Å². The molecular formula is C18H28N8O. The molecule has 0 radical (unpaired) electrons. The number of aliphatic hydroxyl groups excluding tert-OH is 1. The highest BCUT2D eigenvalue weighted by Gasteiger charge is 2.23. The lowest BCUT2D eigenvalue weighted by Crippen LogP contribution is -2.46. The molecule has 0 saturated carbocycles. The van der Waals surface area contributed by atoms with Crippen LogP contribution in [-0.4, -0.2) is 81.0 Å². The van der Waals surface area contributed by atoms with Gasteiger partial charge in [-0.1, -0.05) is 0 Å². The number of rotatable bonds is 5. The minimum absolute atomic E-state index is 0.251. The van der Waals surface area contributed by atoms with E-state index in [1.54, 1.807) is 6.33 Å². The molecule has 2 saturated heterocycles. The largest absolute Gasteiger partial charge is 0.396 e. The molecule has 0 aromatic carbocycles. The van der Waals surface area contributed by atoms with E-state index in [1.165, 1.54) is 0 Å². The Morgan fingerprint density at radius 2 is 1.89 bits per heavy atom. The molecule has 9 heteroatoms. The first kappa shape index (κ1) is 18.1. The molecule has 2 aliphatic rings. The van der Waals surface area contributed by atoms with Crippen LogP contribution in [0.15, 0.2) is 12.4 Å². The molecule has 2 aliphatic heterocycles. The Labute approximate surface area is 159 Å². The molecule has 2 N–H and O–H groups in total. The second kappa shape index (κ2) is 8.18. The standard InChI is InChI=1S/C18H28N8O/c1-14-21-16(23-22-14)11-24-5-7-25(8-6-24)17-9-18(20-13-19-17)26-4-2-3-15(10-26)12-27/h9,13,15,27H,2-8,10-12H2,1H3,(H,21,22,23). The topological polar surface area (TPSA) is 97.3 Å². The first-order chi connectivity index (χ1) is 13.2. The van der Waals surface area contributed by atoms with E-state index >= 15 is 0 Å². The van der Waals surface area contributed by atoms with Gasteiger partial charge in [-0.3, -0.25) is 10.00 Å². The van der Waals surface area contributed by atoms with Gasteiger partial charge in [0.2, 0.25) is 0 Å². The molecule has 1 unspecified atom stereocenters. The average Bonchev–Trinajstić information content (AvgIpc) is 3.13. The van der Waals surface area contributed by atoms with Crippen molar-refractivity contribution in [2.75, 3.05) is 55.7 Å². The van der Waals surface area contributed by atoms with Gasteiger partial charge in [0.1, 0.15) is 23.8 Å². The molecule has 0 aliphatic carbocycles. The minimum Gasteiger partial charge on any atom is -0.396 e. The number of hydrogen-bond donors (Lipinski definition) is 2. The van der Waals surface area contributed by atoms with E-state index in [9.17, 15) is 5.11 Å². The molecule has 146 valence electrons. The summed E-state index contributed by atoms with van der Waals surface area (Å²) in [7, 11) is 0. The van der Waals surface area contributed by atoms with Crippen LogP contribution in [0.25, 0.3) is 0 Å². The molecule has 0 spiro atoms. The second-order valence-electron chi connectivity index (χ2n) is 7.47. The molecule has 4 heterocycles. The minimum atomic E-state index is 0.251. The van der Waals surface area contributed by atoms with Gasteiger partial charge in [0, 0.05) is 51.9 Å². The fourth-order valence-corrected chi connectivity index (χ4v) is 3.90. The summed E-state index contributed by atoms with van der Waals surface area (Å²) >= 11 is 0. The molecule has 2 aromatic rings. The van der Waals surface area contributed by atoms with Crippen LogP contribution in [0.1, 0.15) is 24.5 Å². The lowest BCUT2D eigenvalue weighted by molar-refractivity contribution is 0.208. The van der Waals surface area contributed by atoms with Crippen molar-refractivity contribution >= 4 is 11.6 Å². The highest BCUT2D eigenvalue weighted by molar-refractivity contribution is 5.50. The summed E-state index contributed by atoms with van der Waals surface area (Å²) in [6, 6.07) is 2.09. The van der Waals surface area contributed by atoms with Gasteiger partial charge in [0.05, 0.1) is 6.54 Å². The molecule has 4 rings (SSSR count). The van der Waals surface area contributed by atoms with Crippen LogP contribution in [-0.2, 0) is 6.54 Å². The Morgan fingerprint density at radius 1 is 1.11 bits per heavy atom. The van der Waals surface area contributed by atoms with Crippen molar-refractivity contribution in [2.24, 2.45) is 5.92 Å². The van der Waals surface area contributed by atoms with Gasteiger partial charge >= 0.3 is 0 Å². The van der Waals surface area contributed by atoms with Crippen molar-refractivity contribution in [3.63, 3.8) is 0 Å². The number of aromatic amines is 1. The number of H-pyrrole nitrogens is 1. The zero-order valence-electron chi connectivity index (χ0n) is 15.9. The molecule has 0 amide bonds. The molecule has 2 fully saturated rings. The number of piperazine rings is 1. The Balaban J connectivity index is 1.35. The predicted molar refractivity (Wildman–Crippen MR) is 103 cm³/mol. The number of hydrogen-bond acceptors (Lipinski definition) is 8. The van der Waals surface area contributed by atoms with E-state index in [4.69, 9.17) is 0 Å². The number of aromatic nitrogens is 5. The molecule has 1 atom stereocenters. The van der Waals surface area contributed by atoms with Gasteiger partial charge in [0.15, 0.2) is 5.82 Å². The van der Waals surface area contributed by atoms with E-state index in [1.807, 2.05) is 6.92 Å². The lowest BCUT2D eigenvalue weighted by atomic mass is 9.99. The highest BCUT2D eigenvalue weighted by Crippen LogP contribution is 2.24. The summed E-state index contributed by atoms with van der Waals surface area (Å²) in [5, 5.41) is 16.6. The number of aryl methyl sites for hydroxylation is 1. The predicted octanol–water partition coefficient (Wildman–Crippen LogP) is 0.434. The highest BCUT2D eigenvalue weighted by atomic mass is 16.3. The van der Waals surface area contributed by atoms with Crippen LogP contribution in [0, 0.1) is 12.8 Å². The maximum absolute atomic E-state index is 9.46. The lowest BCUT2D eigenvalue weighted by Gasteiger charge is -2.36. The van der Waals surface area contributed by atoms with Gasteiger partial charge in [-0.25, -0.2) is 15.0 Å². The van der Waals surface area contributed by atoms with Crippen LogP contribution in [0.3, 0.4) is 0 Å². The molecule has 0 bridgehead atoms. The fraction of sp³-hybridized carbons (Fsp3) is 0.667. The zero-order chi connectivity index (χ0) is 18.6. The first-order valence-corrected chi connectivity index (χ1v) is 9.74. The van der Waals surface area contributed by atoms with E-state index in [0.717, 1.165) is 81.9 Å². The van der Waals surface area contributed by atoms with Crippen molar-refractivity contribution < 1.29 is 5.11 Å². The Kier molecular flexibility index (Phi) is 5.49. The van der Waals surface area contributed by atoms with Gasteiger partial charge < -0.3 is 14.9 Å². The van der Waals surface area contributed by atoms with Gasteiger partial charge in [0.25, 0.3) is 0 Å². The summed E-state index contributed by atoms with van der Waals surface area (Å²) in [6.45, 7) is 8.61. The van der Waals surface area contributed by atoms with Crippen LogP contribution in [0.4, 0.5) is 11.6 Å². The van der Waals surface area contributed by atoms with E-state index in [2.05, 4.69) is 45.9 Å². The number of aliphatic hydroxyl groups is 1. The van der Waals surface area contributed by atoms with E-state index in [0.29, 0.717) is 5.92 Å². The third-order valence-corrected chi connectivity index (χ3v) is 5.44. The molecule has 9 nitrogen and oxygen atoms in total. The van der Waals surface area contributed by atoms with E-state index < -0.39 is 0 Å². The molecule has 27 heavy (non-hydrogen) atoms. The van der Waals surface area contributed by atoms with Gasteiger partial charge in [-0.2, -0.15) is 5.10 Å². The van der Waals surface area contributed by atoms with Gasteiger partial charge in [-0.15, -0.1) is 0 Å². The molecular weight excluding hydrogens is 344 g/mol. The van der Waals surface area contributed by atoms with Crippen LogP contribution >= 0.6 is 0 Å². The second-order valence-corrected chi connectivity index (χ2v) is 7.47. The third kappa shape index (κ3) is 4.36. The summed E-state index contributed by atoms with van der Waals surface area (Å²) in [6.07, 6.45) is 3.86. The average molecular weight is 372 g/mol. The summed E-state index contributed by atoms with van der Waals surface area (Å²) in [5.74, 6) is 4.02. The molecule has 2 aromatic heterocycles. The maximum Gasteiger partial charge on any atom is 0.164 e. The van der Waals surface area contributed by atoms with Crippen LogP contribution < -0.4 is 9.80 Å². The van der Waals surface area contributed by atoms with Crippen LogP contribution in [0.2, 0.25) is 0 Å². The normalized spacial score (nSPS) is 21.6. The number of anilines is 2. The fourth-order valence-electron chi connectivity index (χ4n) is 3.90. The summed E-state index contributed by atoms with van der Waals surface area (Å²) in [4.78, 5) is 20.3. The zero-order valence-corrected chi connectivity index (χ0v) is 15.9. The maximum atomic E-state index is 9.46. The Bertz CT molecular complexity index is 742. The van der Waals surface area contributed by atoms with Gasteiger partial charge in [-0.05, 0) is 25.7 Å². The van der Waals surface area contributed by atoms with Crippen molar-refractivity contribution in [3.05, 3.63) is 24.0 Å². The van der Waals surface area contributed by atoms with Crippen molar-refractivity contribution in [1.82, 2.24) is 30.0 Å². The summed E-state index contributed by atoms with van der Waals surface area (Å²) in [5.41, 5.74) is 0.